The van der Waals surface area contributed by atoms with Gasteiger partial charge in [-0.15, -0.1) is 0 Å². The second-order valence-corrected chi connectivity index (χ2v) is 12.4. The van der Waals surface area contributed by atoms with Gasteiger partial charge in [0.2, 0.25) is 17.7 Å². The number of halogens is 3. The number of alkyl halides is 3. The summed E-state index contributed by atoms with van der Waals surface area (Å²) in [5, 5.41) is 1.52. The Balaban J connectivity index is 1.35. The van der Waals surface area contributed by atoms with E-state index in [0.29, 0.717) is 10.4 Å². The van der Waals surface area contributed by atoms with Crippen molar-refractivity contribution in [2.45, 2.75) is 35.8 Å². The highest BCUT2D eigenvalue weighted by Gasteiger charge is 2.57. The minimum absolute atomic E-state index is 0.178. The van der Waals surface area contributed by atoms with Gasteiger partial charge in [-0.05, 0) is 55.0 Å². The van der Waals surface area contributed by atoms with E-state index < -0.39 is 69.6 Å². The lowest BCUT2D eigenvalue weighted by Gasteiger charge is -2.30. The standard InChI is InChI=1S/C31H23F3N4O6S2/c1-2-44-29(42)16-9-11-18(12-10-16)38-26(40)23-22(17-6-5-13-35-14-17)25-28(45-24(23)27(38)41)37(30(43)46-25)15-21(39)36-20-8-4-3-7-19(20)31(32,33)34/h3-14,22-24H,2,15H2,1H3,(H,36,39). The molecule has 10 nitrogen and oxygen atoms in total. The van der Waals surface area contributed by atoms with E-state index in [2.05, 4.69) is 10.3 Å². The Morgan fingerprint density at radius 1 is 1.00 bits per heavy atom. The molecule has 0 bridgehead atoms. The lowest BCUT2D eigenvalue weighted by Crippen LogP contribution is -2.33. The molecule has 4 heterocycles. The van der Waals surface area contributed by atoms with E-state index >= 15 is 0 Å². The number of fused-ring (bicyclic) bond motifs is 2. The maximum Gasteiger partial charge on any atom is 0.418 e. The molecule has 6 rings (SSSR count). The number of hydrogen-bond acceptors (Lipinski definition) is 9. The van der Waals surface area contributed by atoms with Gasteiger partial charge >= 0.3 is 17.0 Å². The second kappa shape index (κ2) is 12.2. The van der Waals surface area contributed by atoms with Crippen LogP contribution in [0.1, 0.15) is 39.2 Å². The van der Waals surface area contributed by atoms with Crippen LogP contribution in [0.2, 0.25) is 0 Å². The number of pyridine rings is 1. The zero-order valence-electron chi connectivity index (χ0n) is 23.8. The summed E-state index contributed by atoms with van der Waals surface area (Å²) in [7, 11) is 0. The summed E-state index contributed by atoms with van der Waals surface area (Å²) in [6.07, 6.45) is -1.65. The van der Waals surface area contributed by atoms with Gasteiger partial charge in [-0.25, -0.2) is 9.69 Å². The second-order valence-electron chi connectivity index (χ2n) is 10.3. The predicted octanol–water partition coefficient (Wildman–Crippen LogP) is 4.93. The zero-order valence-corrected chi connectivity index (χ0v) is 25.4. The molecule has 15 heteroatoms. The summed E-state index contributed by atoms with van der Waals surface area (Å²) < 4.78 is 46.6. The molecular formula is C31H23F3N4O6S2. The van der Waals surface area contributed by atoms with Crippen molar-refractivity contribution >= 4 is 58.2 Å². The molecule has 236 valence electrons. The Bertz CT molecular complexity index is 1910. The third-order valence-corrected chi connectivity index (χ3v) is 10.1. The number of anilines is 2. The fraction of sp³-hybridized carbons (Fsp3) is 0.226. The Hall–Kier alpha value is -4.76. The molecule has 3 atom stereocenters. The van der Waals surface area contributed by atoms with Crippen molar-refractivity contribution in [3.05, 3.63) is 104 Å². The lowest BCUT2D eigenvalue weighted by molar-refractivity contribution is -0.137. The van der Waals surface area contributed by atoms with Gasteiger partial charge in [0.15, 0.2) is 0 Å². The van der Waals surface area contributed by atoms with E-state index in [9.17, 15) is 37.1 Å². The van der Waals surface area contributed by atoms with Crippen LogP contribution in [-0.4, -0.2) is 45.1 Å². The SMILES string of the molecule is CCOC(=O)c1ccc(N2C(=O)C3Sc4c(sc(=O)n4CC(=O)Nc4ccccc4C(F)(F)F)C(c4cccnc4)C3C2=O)cc1. The fourth-order valence-corrected chi connectivity index (χ4v) is 8.34. The van der Waals surface area contributed by atoms with Crippen molar-refractivity contribution in [2.24, 2.45) is 5.92 Å². The molecule has 1 fully saturated rings. The number of para-hydroxylation sites is 1. The molecule has 0 radical (unpaired) electrons. The normalized spacial score (nSPS) is 19.0. The van der Waals surface area contributed by atoms with E-state index in [-0.39, 0.29) is 22.9 Å². The topological polar surface area (TPSA) is 128 Å². The molecule has 46 heavy (non-hydrogen) atoms. The molecule has 0 saturated carbocycles. The Morgan fingerprint density at radius 2 is 1.74 bits per heavy atom. The number of nitrogens with zero attached hydrogens (tertiary/aromatic N) is 3. The maximum absolute atomic E-state index is 14.0. The third kappa shape index (κ3) is 5.60. The maximum atomic E-state index is 14.0. The van der Waals surface area contributed by atoms with Gasteiger partial charge in [0.05, 0.1) is 40.1 Å². The van der Waals surface area contributed by atoms with Crippen molar-refractivity contribution in [1.82, 2.24) is 9.55 Å². The van der Waals surface area contributed by atoms with E-state index in [4.69, 9.17) is 4.74 Å². The number of aromatic nitrogens is 2. The zero-order chi connectivity index (χ0) is 32.7. The first-order valence-corrected chi connectivity index (χ1v) is 15.6. The first kappa shape index (κ1) is 31.2. The summed E-state index contributed by atoms with van der Waals surface area (Å²) in [6, 6.07) is 13.7. The molecule has 2 aliphatic rings. The molecule has 2 aromatic carbocycles. The van der Waals surface area contributed by atoms with Crippen LogP contribution in [0.15, 0.2) is 82.9 Å². The van der Waals surface area contributed by atoms with Gasteiger partial charge in [-0.2, -0.15) is 13.2 Å². The first-order valence-electron chi connectivity index (χ1n) is 13.9. The molecule has 1 saturated heterocycles. The number of thiazole rings is 1. The molecule has 2 aromatic heterocycles. The van der Waals surface area contributed by atoms with E-state index in [1.165, 1.54) is 48.8 Å². The number of thioether (sulfide) groups is 1. The summed E-state index contributed by atoms with van der Waals surface area (Å²) in [6.45, 7) is 1.23. The molecule has 0 spiro atoms. The van der Waals surface area contributed by atoms with Crippen molar-refractivity contribution in [3.8, 4) is 0 Å². The summed E-state index contributed by atoms with van der Waals surface area (Å²) in [5.74, 6) is -4.21. The summed E-state index contributed by atoms with van der Waals surface area (Å²) in [5.41, 5.74) is -0.447. The quantitative estimate of drug-likeness (QED) is 0.217. The third-order valence-electron chi connectivity index (χ3n) is 7.54. The number of nitrogens with one attached hydrogen (secondary N) is 1. The van der Waals surface area contributed by atoms with Crippen LogP contribution in [0.5, 0.6) is 0 Å². The molecule has 4 aromatic rings. The number of amides is 3. The van der Waals surface area contributed by atoms with Crippen LogP contribution in [0, 0.1) is 5.92 Å². The van der Waals surface area contributed by atoms with Crippen LogP contribution < -0.4 is 15.1 Å². The number of ether oxygens (including phenoxy) is 1. The van der Waals surface area contributed by atoms with Crippen molar-refractivity contribution < 1.29 is 37.1 Å². The smallest absolute Gasteiger partial charge is 0.418 e. The minimum atomic E-state index is -4.72. The highest BCUT2D eigenvalue weighted by molar-refractivity contribution is 8.00. The number of hydrogen-bond donors (Lipinski definition) is 1. The molecule has 3 unspecified atom stereocenters. The number of carbonyl (C=O) groups is 4. The van der Waals surface area contributed by atoms with Gasteiger partial charge in [0.1, 0.15) is 11.8 Å². The Kier molecular flexibility index (Phi) is 8.29. The fourth-order valence-electron chi connectivity index (χ4n) is 5.56. The molecular weight excluding hydrogens is 645 g/mol. The number of esters is 1. The highest BCUT2D eigenvalue weighted by atomic mass is 32.2. The van der Waals surface area contributed by atoms with Gasteiger partial charge in [-0.1, -0.05) is 41.3 Å². The Labute approximate surface area is 267 Å². The highest BCUT2D eigenvalue weighted by Crippen LogP contribution is 2.53. The minimum Gasteiger partial charge on any atom is -0.462 e. The molecule has 1 N–H and O–H groups in total. The molecule has 0 aliphatic carbocycles. The van der Waals surface area contributed by atoms with Crippen molar-refractivity contribution in [2.75, 3.05) is 16.8 Å². The Morgan fingerprint density at radius 3 is 2.41 bits per heavy atom. The van der Waals surface area contributed by atoms with Crippen LogP contribution in [-0.2, 0) is 31.8 Å². The first-order chi connectivity index (χ1) is 22.0. The summed E-state index contributed by atoms with van der Waals surface area (Å²) in [4.78, 5) is 71.4. The van der Waals surface area contributed by atoms with E-state index in [1.807, 2.05) is 0 Å². The average molecular weight is 669 g/mol. The van der Waals surface area contributed by atoms with E-state index in [0.717, 1.165) is 44.7 Å². The number of rotatable bonds is 7. The number of carbonyl (C=O) groups excluding carboxylic acids is 4. The molecule has 3 amide bonds. The number of imide groups is 1. The largest absolute Gasteiger partial charge is 0.462 e. The monoisotopic (exact) mass is 668 g/mol. The van der Waals surface area contributed by atoms with Crippen molar-refractivity contribution in [1.29, 1.82) is 0 Å². The number of benzene rings is 2. The van der Waals surface area contributed by atoms with Crippen LogP contribution >= 0.6 is 23.1 Å². The van der Waals surface area contributed by atoms with Gasteiger partial charge in [0.25, 0.3) is 0 Å². The van der Waals surface area contributed by atoms with Crippen LogP contribution in [0.25, 0.3) is 0 Å². The van der Waals surface area contributed by atoms with Gasteiger partial charge in [0, 0.05) is 23.2 Å². The van der Waals surface area contributed by atoms with Crippen molar-refractivity contribution in [3.63, 3.8) is 0 Å². The van der Waals surface area contributed by atoms with Crippen LogP contribution in [0.4, 0.5) is 24.5 Å². The van der Waals surface area contributed by atoms with Gasteiger partial charge in [-0.3, -0.25) is 28.7 Å². The predicted molar refractivity (Wildman–Crippen MR) is 163 cm³/mol. The van der Waals surface area contributed by atoms with E-state index in [1.54, 1.807) is 19.1 Å². The molecule has 2 aliphatic heterocycles. The van der Waals surface area contributed by atoms with Gasteiger partial charge < -0.3 is 10.1 Å². The van der Waals surface area contributed by atoms with Crippen LogP contribution in [0.3, 0.4) is 0 Å². The lowest BCUT2D eigenvalue weighted by atomic mass is 9.84. The summed E-state index contributed by atoms with van der Waals surface area (Å²) >= 11 is 1.76. The average Bonchev–Trinajstić information content (AvgIpc) is 3.47.